The van der Waals surface area contributed by atoms with Gasteiger partial charge in [0.1, 0.15) is 5.60 Å². The summed E-state index contributed by atoms with van der Waals surface area (Å²) in [4.78, 5) is 7.09. The summed E-state index contributed by atoms with van der Waals surface area (Å²) in [6.07, 6.45) is 3.22. The molecule has 0 aliphatic carbocycles. The van der Waals surface area contributed by atoms with Crippen LogP contribution in [0.25, 0.3) is 10.8 Å². The molecule has 0 aliphatic rings. The van der Waals surface area contributed by atoms with Gasteiger partial charge >= 0.3 is 0 Å². The number of aromatic nitrogens is 2. The van der Waals surface area contributed by atoms with E-state index >= 15 is 0 Å². The Morgan fingerprint density at radius 2 is 2.04 bits per heavy atom. The topological polar surface area (TPSA) is 58.1 Å². The Kier molecular flexibility index (Phi) is 3.82. The van der Waals surface area contributed by atoms with Gasteiger partial charge in [0.25, 0.3) is 0 Å². The molecule has 0 aliphatic heterocycles. The van der Waals surface area contributed by atoms with Crippen LogP contribution in [0.3, 0.4) is 0 Å². The molecule has 3 aromatic rings. The standard InChI is InChI=1S/C18H19FN2O2/c1-11(2)18(22,16-9-20-10-21-16)13-5-6-14-12(8-13)4-7-15(23-3)17(14)19/h4-11,22H,1-3H3,(H,20,21). The minimum absolute atomic E-state index is 0.105. The molecule has 1 unspecified atom stereocenters. The fourth-order valence-electron chi connectivity index (χ4n) is 2.91. The molecule has 120 valence electrons. The summed E-state index contributed by atoms with van der Waals surface area (Å²) in [6, 6.07) is 8.57. The van der Waals surface area contributed by atoms with E-state index in [4.69, 9.17) is 4.74 Å². The number of ether oxygens (including phenoxy) is 1. The second-order valence-corrected chi connectivity index (χ2v) is 5.89. The molecule has 2 N–H and O–H groups in total. The maximum absolute atomic E-state index is 14.3. The van der Waals surface area contributed by atoms with Crippen LogP contribution in [0.5, 0.6) is 5.75 Å². The SMILES string of the molecule is COc1ccc2cc(C(O)(c3c[nH]cn3)C(C)C)ccc2c1F. The highest BCUT2D eigenvalue weighted by Gasteiger charge is 2.37. The summed E-state index contributed by atoms with van der Waals surface area (Å²) in [5, 5.41) is 12.4. The fraction of sp³-hybridized carbons (Fsp3) is 0.278. The second-order valence-electron chi connectivity index (χ2n) is 5.89. The number of fused-ring (bicyclic) bond motifs is 1. The Morgan fingerprint density at radius 3 is 2.65 bits per heavy atom. The van der Waals surface area contributed by atoms with E-state index in [-0.39, 0.29) is 11.7 Å². The van der Waals surface area contributed by atoms with E-state index < -0.39 is 11.4 Å². The van der Waals surface area contributed by atoms with E-state index in [1.165, 1.54) is 13.4 Å². The third-order valence-electron chi connectivity index (χ3n) is 4.30. The molecule has 4 nitrogen and oxygen atoms in total. The van der Waals surface area contributed by atoms with Crippen molar-refractivity contribution in [2.24, 2.45) is 5.92 Å². The molecule has 0 fully saturated rings. The first-order chi connectivity index (χ1) is 11.0. The summed E-state index contributed by atoms with van der Waals surface area (Å²) in [6.45, 7) is 3.85. The smallest absolute Gasteiger partial charge is 0.172 e. The van der Waals surface area contributed by atoms with E-state index in [0.29, 0.717) is 22.0 Å². The number of H-pyrrole nitrogens is 1. The summed E-state index contributed by atoms with van der Waals surface area (Å²) < 4.78 is 19.3. The van der Waals surface area contributed by atoms with Crippen molar-refractivity contribution in [2.45, 2.75) is 19.4 Å². The number of hydrogen-bond acceptors (Lipinski definition) is 3. The van der Waals surface area contributed by atoms with Gasteiger partial charge in [-0.2, -0.15) is 0 Å². The Hall–Kier alpha value is -2.40. The number of hydrogen-bond donors (Lipinski definition) is 2. The lowest BCUT2D eigenvalue weighted by Gasteiger charge is -2.31. The van der Waals surface area contributed by atoms with Gasteiger partial charge in [0.2, 0.25) is 0 Å². The number of nitrogens with one attached hydrogen (secondary N) is 1. The van der Waals surface area contributed by atoms with Crippen LogP contribution >= 0.6 is 0 Å². The average Bonchev–Trinajstić information content (AvgIpc) is 3.09. The lowest BCUT2D eigenvalue weighted by molar-refractivity contribution is 0.0280. The van der Waals surface area contributed by atoms with Gasteiger partial charge in [-0.05, 0) is 29.0 Å². The Bertz CT molecular complexity index is 830. The minimum atomic E-state index is -1.25. The van der Waals surface area contributed by atoms with Crippen molar-refractivity contribution in [3.63, 3.8) is 0 Å². The molecule has 0 spiro atoms. The normalized spacial score (nSPS) is 14.2. The monoisotopic (exact) mass is 314 g/mol. The van der Waals surface area contributed by atoms with Crippen LogP contribution in [0.15, 0.2) is 42.9 Å². The molecule has 1 atom stereocenters. The zero-order valence-corrected chi connectivity index (χ0v) is 13.3. The van der Waals surface area contributed by atoms with Crippen LogP contribution in [0.4, 0.5) is 4.39 Å². The largest absolute Gasteiger partial charge is 0.494 e. The zero-order valence-electron chi connectivity index (χ0n) is 13.3. The number of nitrogens with zero attached hydrogens (tertiary/aromatic N) is 1. The van der Waals surface area contributed by atoms with Crippen LogP contribution in [-0.4, -0.2) is 22.2 Å². The minimum Gasteiger partial charge on any atom is -0.494 e. The molecule has 1 heterocycles. The molecule has 1 aromatic heterocycles. The number of rotatable bonds is 4. The van der Waals surface area contributed by atoms with Gasteiger partial charge < -0.3 is 14.8 Å². The summed E-state index contributed by atoms with van der Waals surface area (Å²) >= 11 is 0. The molecule has 0 saturated heterocycles. The van der Waals surface area contributed by atoms with E-state index in [2.05, 4.69) is 9.97 Å². The zero-order chi connectivity index (χ0) is 16.6. The van der Waals surface area contributed by atoms with Gasteiger partial charge in [0.05, 0.1) is 19.1 Å². The lowest BCUT2D eigenvalue weighted by atomic mass is 9.80. The van der Waals surface area contributed by atoms with Crippen molar-refractivity contribution in [2.75, 3.05) is 7.11 Å². The third-order valence-corrected chi connectivity index (χ3v) is 4.30. The van der Waals surface area contributed by atoms with Gasteiger partial charge in [-0.3, -0.25) is 0 Å². The summed E-state index contributed by atoms with van der Waals surface area (Å²) in [5.41, 5.74) is -0.0255. The molecule has 0 saturated carbocycles. The van der Waals surface area contributed by atoms with Crippen LogP contribution in [-0.2, 0) is 5.60 Å². The van der Waals surface area contributed by atoms with E-state index in [0.717, 1.165) is 0 Å². The second kappa shape index (κ2) is 5.66. The predicted octanol–water partition coefficient (Wildman–Crippen LogP) is 3.60. The number of halogens is 1. The van der Waals surface area contributed by atoms with Crippen molar-refractivity contribution in [3.05, 3.63) is 59.9 Å². The Balaban J connectivity index is 2.19. The van der Waals surface area contributed by atoms with Crippen LogP contribution in [0, 0.1) is 11.7 Å². The van der Waals surface area contributed by atoms with Crippen molar-refractivity contribution in [3.8, 4) is 5.75 Å². The van der Waals surface area contributed by atoms with Gasteiger partial charge in [0, 0.05) is 11.6 Å². The number of aromatic amines is 1. The summed E-state index contributed by atoms with van der Waals surface area (Å²) in [7, 11) is 1.44. The Labute approximate surface area is 133 Å². The molecule has 0 amide bonds. The molecular weight excluding hydrogens is 295 g/mol. The fourth-order valence-corrected chi connectivity index (χ4v) is 2.91. The van der Waals surface area contributed by atoms with Crippen LogP contribution in [0.1, 0.15) is 25.1 Å². The quantitative estimate of drug-likeness (QED) is 0.773. The van der Waals surface area contributed by atoms with Crippen molar-refractivity contribution >= 4 is 10.8 Å². The van der Waals surface area contributed by atoms with Crippen molar-refractivity contribution in [1.82, 2.24) is 9.97 Å². The van der Waals surface area contributed by atoms with E-state index in [1.54, 1.807) is 36.5 Å². The highest BCUT2D eigenvalue weighted by molar-refractivity contribution is 5.85. The van der Waals surface area contributed by atoms with Crippen LogP contribution < -0.4 is 4.74 Å². The molecule has 5 heteroatoms. The average molecular weight is 314 g/mol. The molecule has 3 rings (SSSR count). The van der Waals surface area contributed by atoms with Gasteiger partial charge in [0.15, 0.2) is 11.6 Å². The number of imidazole rings is 1. The highest BCUT2D eigenvalue weighted by Crippen LogP contribution is 2.37. The maximum Gasteiger partial charge on any atom is 0.172 e. The first-order valence-electron chi connectivity index (χ1n) is 7.46. The Morgan fingerprint density at radius 1 is 1.26 bits per heavy atom. The molecule has 23 heavy (non-hydrogen) atoms. The highest BCUT2D eigenvalue weighted by atomic mass is 19.1. The van der Waals surface area contributed by atoms with Crippen LogP contribution in [0.2, 0.25) is 0 Å². The van der Waals surface area contributed by atoms with Crippen molar-refractivity contribution < 1.29 is 14.2 Å². The molecular formula is C18H19FN2O2. The first kappa shape index (κ1) is 15.5. The molecule has 0 radical (unpaired) electrons. The predicted molar refractivity (Wildman–Crippen MR) is 86.9 cm³/mol. The number of aliphatic hydroxyl groups is 1. The first-order valence-corrected chi connectivity index (χ1v) is 7.46. The van der Waals surface area contributed by atoms with Gasteiger partial charge in [-0.25, -0.2) is 9.37 Å². The number of benzene rings is 2. The third kappa shape index (κ3) is 2.37. The lowest BCUT2D eigenvalue weighted by Crippen LogP contribution is -2.33. The number of methoxy groups -OCH3 is 1. The summed E-state index contributed by atoms with van der Waals surface area (Å²) in [5.74, 6) is -0.299. The van der Waals surface area contributed by atoms with E-state index in [9.17, 15) is 9.50 Å². The van der Waals surface area contributed by atoms with Gasteiger partial charge in [-0.1, -0.05) is 32.0 Å². The van der Waals surface area contributed by atoms with Gasteiger partial charge in [-0.15, -0.1) is 0 Å². The molecule has 2 aromatic carbocycles. The van der Waals surface area contributed by atoms with E-state index in [1.807, 2.05) is 13.8 Å². The molecule has 0 bridgehead atoms. The maximum atomic E-state index is 14.3. The van der Waals surface area contributed by atoms with Crippen molar-refractivity contribution in [1.29, 1.82) is 0 Å².